The van der Waals surface area contributed by atoms with Crippen LogP contribution in [-0.2, 0) is 14.3 Å². The predicted molar refractivity (Wildman–Crippen MR) is 98.0 cm³/mol. The number of methoxy groups -OCH3 is 1. The Morgan fingerprint density at radius 2 is 1.89 bits per heavy atom. The van der Waals surface area contributed by atoms with Gasteiger partial charge in [-0.2, -0.15) is 5.26 Å². The molecule has 7 heteroatoms. The largest absolute Gasteiger partial charge is 0.465 e. The molecule has 1 aliphatic rings. The minimum atomic E-state index is -0.524. The molecule has 2 amide bonds. The highest BCUT2D eigenvalue weighted by Crippen LogP contribution is 2.27. The lowest BCUT2D eigenvalue weighted by Crippen LogP contribution is -2.28. The molecule has 0 radical (unpaired) electrons. The maximum Gasteiger partial charge on any atom is 0.337 e. The summed E-state index contributed by atoms with van der Waals surface area (Å²) in [6.45, 7) is 0.233. The zero-order chi connectivity index (χ0) is 19.4. The van der Waals surface area contributed by atoms with Crippen LogP contribution in [-0.4, -0.2) is 31.4 Å². The maximum atomic E-state index is 12.5. The van der Waals surface area contributed by atoms with Gasteiger partial charge in [-0.3, -0.25) is 9.59 Å². The lowest BCUT2D eigenvalue weighted by Gasteiger charge is -2.17. The highest BCUT2D eigenvalue weighted by molar-refractivity contribution is 6.04. The lowest BCUT2D eigenvalue weighted by atomic mass is 10.1. The van der Waals surface area contributed by atoms with E-state index in [0.717, 1.165) is 0 Å². The van der Waals surface area contributed by atoms with Gasteiger partial charge < -0.3 is 15.0 Å². The van der Waals surface area contributed by atoms with Crippen molar-refractivity contribution in [1.82, 2.24) is 0 Å². The molecule has 1 aliphatic heterocycles. The number of para-hydroxylation sites is 1. The van der Waals surface area contributed by atoms with Crippen molar-refractivity contribution in [2.75, 3.05) is 23.9 Å². The Hall–Kier alpha value is -3.66. The molecule has 0 saturated carbocycles. The topological polar surface area (TPSA) is 99.5 Å². The number of rotatable bonds is 4. The average Bonchev–Trinajstić information content (AvgIpc) is 3.09. The van der Waals surface area contributed by atoms with Crippen molar-refractivity contribution in [3.63, 3.8) is 0 Å². The van der Waals surface area contributed by atoms with Crippen LogP contribution in [0, 0.1) is 17.2 Å². The van der Waals surface area contributed by atoms with E-state index < -0.39 is 11.9 Å². The van der Waals surface area contributed by atoms with Gasteiger partial charge in [0.05, 0.1) is 29.8 Å². The van der Waals surface area contributed by atoms with E-state index in [1.54, 1.807) is 48.5 Å². The molecule has 1 N–H and O–H groups in total. The summed E-state index contributed by atoms with van der Waals surface area (Å²) in [7, 11) is 1.30. The molecule has 0 spiro atoms. The number of ether oxygens (including phenoxy) is 1. The summed E-state index contributed by atoms with van der Waals surface area (Å²) in [5, 5.41) is 11.8. The first-order valence-electron chi connectivity index (χ1n) is 8.32. The van der Waals surface area contributed by atoms with E-state index in [9.17, 15) is 14.4 Å². The second kappa shape index (κ2) is 7.70. The molecule has 0 aliphatic carbocycles. The molecular formula is C20H17N3O4. The Bertz CT molecular complexity index is 931. The summed E-state index contributed by atoms with van der Waals surface area (Å²) in [6.07, 6.45) is 0.0826. The summed E-state index contributed by atoms with van der Waals surface area (Å²) in [5.41, 5.74) is 1.79. The maximum absolute atomic E-state index is 12.5. The number of carbonyl (C=O) groups is 3. The van der Waals surface area contributed by atoms with Crippen molar-refractivity contribution in [1.29, 1.82) is 5.26 Å². The highest BCUT2D eigenvalue weighted by atomic mass is 16.5. The molecule has 136 valence electrons. The van der Waals surface area contributed by atoms with Crippen LogP contribution < -0.4 is 10.2 Å². The zero-order valence-electron chi connectivity index (χ0n) is 14.6. The Balaban J connectivity index is 1.70. The summed E-state index contributed by atoms with van der Waals surface area (Å²) >= 11 is 0. The Labute approximate surface area is 156 Å². The van der Waals surface area contributed by atoms with Gasteiger partial charge in [-0.1, -0.05) is 12.1 Å². The van der Waals surface area contributed by atoms with Gasteiger partial charge in [0.15, 0.2) is 0 Å². The SMILES string of the molecule is COC(=O)c1ccc(N2CC(C(=O)Nc3ccccc3C#N)CC2=O)cc1. The summed E-state index contributed by atoms with van der Waals surface area (Å²) in [4.78, 5) is 37.9. The molecule has 3 rings (SSSR count). The van der Waals surface area contributed by atoms with Crippen molar-refractivity contribution >= 4 is 29.2 Å². The van der Waals surface area contributed by atoms with Gasteiger partial charge in [0, 0.05) is 18.7 Å². The van der Waals surface area contributed by atoms with Crippen LogP contribution in [0.4, 0.5) is 11.4 Å². The number of carbonyl (C=O) groups excluding carboxylic acids is 3. The van der Waals surface area contributed by atoms with Crippen LogP contribution in [0.1, 0.15) is 22.3 Å². The summed E-state index contributed by atoms with van der Waals surface area (Å²) in [5.74, 6) is -1.46. The number of benzene rings is 2. The standard InChI is InChI=1S/C20H17N3O4/c1-27-20(26)13-6-8-16(9-7-13)23-12-15(10-18(23)24)19(25)22-17-5-3-2-4-14(17)11-21/h2-9,15H,10,12H2,1H3,(H,22,25). The molecule has 1 saturated heterocycles. The van der Waals surface area contributed by atoms with Crippen LogP contribution >= 0.6 is 0 Å². The van der Waals surface area contributed by atoms with Gasteiger partial charge in [-0.25, -0.2) is 4.79 Å². The van der Waals surface area contributed by atoms with Crippen molar-refractivity contribution in [3.8, 4) is 6.07 Å². The normalized spacial score (nSPS) is 15.9. The Kier molecular flexibility index (Phi) is 5.18. The molecular weight excluding hydrogens is 346 g/mol. The number of amides is 2. The van der Waals surface area contributed by atoms with E-state index in [4.69, 9.17) is 5.26 Å². The first-order chi connectivity index (χ1) is 13.0. The van der Waals surface area contributed by atoms with E-state index in [-0.39, 0.29) is 24.8 Å². The summed E-state index contributed by atoms with van der Waals surface area (Å²) < 4.78 is 4.65. The number of hydrogen-bond donors (Lipinski definition) is 1. The second-order valence-electron chi connectivity index (χ2n) is 6.09. The van der Waals surface area contributed by atoms with E-state index >= 15 is 0 Å². The fraction of sp³-hybridized carbons (Fsp3) is 0.200. The molecule has 0 bridgehead atoms. The smallest absolute Gasteiger partial charge is 0.337 e. The predicted octanol–water partition coefficient (Wildman–Crippen LogP) is 2.34. The first-order valence-corrected chi connectivity index (χ1v) is 8.32. The van der Waals surface area contributed by atoms with Crippen LogP contribution in [0.25, 0.3) is 0 Å². The lowest BCUT2D eigenvalue weighted by molar-refractivity contribution is -0.122. The van der Waals surface area contributed by atoms with E-state index in [2.05, 4.69) is 10.1 Å². The number of nitrogens with one attached hydrogen (secondary N) is 1. The minimum Gasteiger partial charge on any atom is -0.465 e. The van der Waals surface area contributed by atoms with E-state index in [1.165, 1.54) is 12.0 Å². The third-order valence-corrected chi connectivity index (χ3v) is 4.40. The molecule has 7 nitrogen and oxygen atoms in total. The van der Waals surface area contributed by atoms with Gasteiger partial charge in [0.25, 0.3) is 0 Å². The Morgan fingerprint density at radius 1 is 1.19 bits per heavy atom. The number of anilines is 2. The number of nitrogens with zero attached hydrogens (tertiary/aromatic N) is 2. The third kappa shape index (κ3) is 3.80. The van der Waals surface area contributed by atoms with Crippen molar-refractivity contribution in [3.05, 3.63) is 59.7 Å². The molecule has 27 heavy (non-hydrogen) atoms. The van der Waals surface area contributed by atoms with Gasteiger partial charge in [0.1, 0.15) is 6.07 Å². The van der Waals surface area contributed by atoms with Gasteiger partial charge in [-0.15, -0.1) is 0 Å². The van der Waals surface area contributed by atoms with E-state index in [0.29, 0.717) is 22.5 Å². The minimum absolute atomic E-state index is 0.0826. The monoisotopic (exact) mass is 363 g/mol. The summed E-state index contributed by atoms with van der Waals surface area (Å²) in [6, 6.07) is 15.2. The second-order valence-corrected chi connectivity index (χ2v) is 6.09. The molecule has 2 aromatic carbocycles. The Morgan fingerprint density at radius 3 is 2.56 bits per heavy atom. The fourth-order valence-corrected chi connectivity index (χ4v) is 2.95. The van der Waals surface area contributed by atoms with Crippen LogP contribution in [0.15, 0.2) is 48.5 Å². The van der Waals surface area contributed by atoms with Crippen LogP contribution in [0.3, 0.4) is 0 Å². The molecule has 1 heterocycles. The van der Waals surface area contributed by atoms with Gasteiger partial charge >= 0.3 is 5.97 Å². The quantitative estimate of drug-likeness (QED) is 0.841. The fourth-order valence-electron chi connectivity index (χ4n) is 2.95. The molecule has 2 aromatic rings. The van der Waals surface area contributed by atoms with Crippen molar-refractivity contribution < 1.29 is 19.1 Å². The number of nitriles is 1. The molecule has 1 unspecified atom stereocenters. The zero-order valence-corrected chi connectivity index (χ0v) is 14.6. The number of esters is 1. The van der Waals surface area contributed by atoms with Gasteiger partial charge in [0.2, 0.25) is 11.8 Å². The highest BCUT2D eigenvalue weighted by Gasteiger charge is 2.35. The number of hydrogen-bond acceptors (Lipinski definition) is 5. The average molecular weight is 363 g/mol. The molecule has 0 aromatic heterocycles. The third-order valence-electron chi connectivity index (χ3n) is 4.40. The van der Waals surface area contributed by atoms with Crippen LogP contribution in [0.2, 0.25) is 0 Å². The molecule has 1 fully saturated rings. The van der Waals surface area contributed by atoms with Gasteiger partial charge in [-0.05, 0) is 36.4 Å². The van der Waals surface area contributed by atoms with Crippen LogP contribution in [0.5, 0.6) is 0 Å². The molecule has 1 atom stereocenters. The van der Waals surface area contributed by atoms with Crippen molar-refractivity contribution in [2.45, 2.75) is 6.42 Å². The van der Waals surface area contributed by atoms with E-state index in [1.807, 2.05) is 6.07 Å². The van der Waals surface area contributed by atoms with Crippen molar-refractivity contribution in [2.24, 2.45) is 5.92 Å². The first kappa shape index (κ1) is 18.1.